The van der Waals surface area contributed by atoms with Crippen LogP contribution in [0.3, 0.4) is 0 Å². The monoisotopic (exact) mass is 327 g/mol. The van der Waals surface area contributed by atoms with Crippen molar-refractivity contribution >= 4 is 19.8 Å². The zero-order valence-corrected chi connectivity index (χ0v) is 13.7. The maximum absolute atomic E-state index is 9.53. The fourth-order valence-electron chi connectivity index (χ4n) is 2.51. The first kappa shape index (κ1) is 13.9. The van der Waals surface area contributed by atoms with Crippen LogP contribution in [0.15, 0.2) is 24.3 Å². The van der Waals surface area contributed by atoms with Crippen molar-refractivity contribution in [3.05, 3.63) is 29.8 Å². The van der Waals surface area contributed by atoms with Crippen molar-refractivity contribution in [2.45, 2.75) is 40.5 Å². The second kappa shape index (κ2) is 6.53. The van der Waals surface area contributed by atoms with Crippen LogP contribution in [0.25, 0.3) is 0 Å². The summed E-state index contributed by atoms with van der Waals surface area (Å²) in [5, 5.41) is 9.53. The van der Waals surface area contributed by atoms with E-state index in [1.807, 2.05) is 12.1 Å². The summed E-state index contributed by atoms with van der Waals surface area (Å²) in [6.07, 6.45) is 1.17. The minimum atomic E-state index is -1.01. The Morgan fingerprint density at radius 1 is 1.31 bits per heavy atom. The van der Waals surface area contributed by atoms with Gasteiger partial charge in [0.15, 0.2) is 0 Å². The number of phenols is 1. The van der Waals surface area contributed by atoms with Gasteiger partial charge in [0.25, 0.3) is 0 Å². The fourth-order valence-corrected chi connectivity index (χ4v) is 7.00. The van der Waals surface area contributed by atoms with Crippen LogP contribution >= 0.6 is 0 Å². The third kappa shape index (κ3) is 4.00. The van der Waals surface area contributed by atoms with Crippen LogP contribution < -0.4 is 0 Å². The summed E-state index contributed by atoms with van der Waals surface area (Å²) in [5.41, 5.74) is 1.31. The molecule has 1 aromatic rings. The molecule has 0 amide bonds. The SMILES string of the molecule is CCC(c1cccc(O)c1)C(C)[CH2][Sn]([CH3])[CH3]. The molecule has 1 nitrogen and oxygen atoms in total. The summed E-state index contributed by atoms with van der Waals surface area (Å²) in [6.45, 7) is 4.62. The van der Waals surface area contributed by atoms with Crippen molar-refractivity contribution in [1.29, 1.82) is 0 Å². The molecule has 1 N–H and O–H groups in total. The van der Waals surface area contributed by atoms with E-state index >= 15 is 0 Å². The molecule has 1 rings (SSSR count). The van der Waals surface area contributed by atoms with Gasteiger partial charge >= 0.3 is 107 Å². The average Bonchev–Trinajstić information content (AvgIpc) is 2.17. The van der Waals surface area contributed by atoms with Gasteiger partial charge in [-0.1, -0.05) is 0 Å². The topological polar surface area (TPSA) is 20.2 Å². The summed E-state index contributed by atoms with van der Waals surface area (Å²) in [5.74, 6) is 1.77. The van der Waals surface area contributed by atoms with Gasteiger partial charge in [0.05, 0.1) is 0 Å². The number of hydrogen-bond acceptors (Lipinski definition) is 1. The molecule has 89 valence electrons. The Labute approximate surface area is 107 Å². The summed E-state index contributed by atoms with van der Waals surface area (Å²) in [7, 11) is 0. The third-order valence-electron chi connectivity index (χ3n) is 3.16. The van der Waals surface area contributed by atoms with Crippen molar-refractivity contribution in [3.63, 3.8) is 0 Å². The molecule has 0 saturated carbocycles. The molecule has 1 radical (unpaired) electrons. The van der Waals surface area contributed by atoms with Crippen LogP contribution in [-0.4, -0.2) is 24.9 Å². The Morgan fingerprint density at radius 3 is 2.50 bits per heavy atom. The molecule has 0 saturated heterocycles. The molecule has 0 heterocycles. The van der Waals surface area contributed by atoms with Gasteiger partial charge in [-0.2, -0.15) is 0 Å². The van der Waals surface area contributed by atoms with Gasteiger partial charge in [-0.3, -0.25) is 0 Å². The van der Waals surface area contributed by atoms with Crippen molar-refractivity contribution in [2.24, 2.45) is 5.92 Å². The molecule has 0 spiro atoms. The molecule has 0 bridgehead atoms. The summed E-state index contributed by atoms with van der Waals surface area (Å²) in [6, 6.07) is 7.79. The number of rotatable bonds is 5. The number of aromatic hydroxyl groups is 1. The number of hydrogen-bond donors (Lipinski definition) is 1. The molecular formula is C14H23OSn. The van der Waals surface area contributed by atoms with Gasteiger partial charge in [-0.15, -0.1) is 0 Å². The first-order chi connectivity index (χ1) is 7.54. The normalized spacial score (nSPS) is 15.1. The van der Waals surface area contributed by atoms with Crippen molar-refractivity contribution in [3.8, 4) is 5.75 Å². The third-order valence-corrected chi connectivity index (χ3v) is 7.32. The van der Waals surface area contributed by atoms with Gasteiger partial charge in [0, 0.05) is 0 Å². The van der Waals surface area contributed by atoms with Crippen LogP contribution in [0, 0.1) is 5.92 Å². The van der Waals surface area contributed by atoms with Gasteiger partial charge < -0.3 is 0 Å². The first-order valence-electron chi connectivity index (χ1n) is 6.12. The Bertz CT molecular complexity index is 322. The number of benzene rings is 1. The Morgan fingerprint density at radius 2 is 2.00 bits per heavy atom. The van der Waals surface area contributed by atoms with Crippen LogP contribution in [0.2, 0.25) is 14.3 Å². The Balaban J connectivity index is 2.81. The van der Waals surface area contributed by atoms with E-state index in [-0.39, 0.29) is 0 Å². The summed E-state index contributed by atoms with van der Waals surface area (Å²) in [4.78, 5) is 4.93. The predicted molar refractivity (Wildman–Crippen MR) is 72.6 cm³/mol. The maximum atomic E-state index is 9.53. The van der Waals surface area contributed by atoms with Crippen LogP contribution in [-0.2, 0) is 0 Å². The molecule has 0 fully saturated rings. The number of phenolic OH excluding ortho intramolecular Hbond substituents is 1. The molecule has 16 heavy (non-hydrogen) atoms. The van der Waals surface area contributed by atoms with Crippen LogP contribution in [0.5, 0.6) is 5.75 Å². The predicted octanol–water partition coefficient (Wildman–Crippen LogP) is 4.28. The van der Waals surface area contributed by atoms with E-state index in [4.69, 9.17) is 0 Å². The molecule has 0 aliphatic rings. The minimum absolute atomic E-state index is 0.398. The van der Waals surface area contributed by atoms with Crippen molar-refractivity contribution in [1.82, 2.24) is 0 Å². The van der Waals surface area contributed by atoms with E-state index in [2.05, 4.69) is 29.8 Å². The van der Waals surface area contributed by atoms with E-state index in [0.29, 0.717) is 11.7 Å². The van der Waals surface area contributed by atoms with Crippen LogP contribution in [0.1, 0.15) is 31.7 Å². The van der Waals surface area contributed by atoms with Gasteiger partial charge in [-0.05, 0) is 0 Å². The zero-order chi connectivity index (χ0) is 12.1. The second-order valence-corrected chi connectivity index (χ2v) is 13.1. The second-order valence-electron chi connectivity index (χ2n) is 5.00. The van der Waals surface area contributed by atoms with Crippen molar-refractivity contribution < 1.29 is 5.11 Å². The molecule has 0 aliphatic carbocycles. The molecular weight excluding hydrogens is 303 g/mol. The Hall–Kier alpha value is -0.181. The molecule has 2 atom stereocenters. The van der Waals surface area contributed by atoms with E-state index in [1.165, 1.54) is 16.4 Å². The first-order valence-corrected chi connectivity index (χ1v) is 13.8. The van der Waals surface area contributed by atoms with E-state index in [9.17, 15) is 5.11 Å². The quantitative estimate of drug-likeness (QED) is 0.801. The van der Waals surface area contributed by atoms with Gasteiger partial charge in [0.2, 0.25) is 0 Å². The van der Waals surface area contributed by atoms with Crippen molar-refractivity contribution in [2.75, 3.05) is 0 Å². The standard InChI is InChI=1S/C12H17O.2CH3.Sn/c1-4-12(9(2)3)10-6-5-7-11(13)8-10;;;/h5-9,12-13H,2,4H2,1,3H3;2*1H3;. The molecule has 0 aromatic heterocycles. The van der Waals surface area contributed by atoms with Crippen LogP contribution in [0.4, 0.5) is 0 Å². The van der Waals surface area contributed by atoms with E-state index in [0.717, 1.165) is 5.92 Å². The zero-order valence-electron chi connectivity index (χ0n) is 10.8. The fraction of sp³-hybridized carbons (Fsp3) is 0.571. The molecule has 0 aliphatic heterocycles. The average molecular weight is 326 g/mol. The Kier molecular flexibility index (Phi) is 5.66. The summed E-state index contributed by atoms with van der Waals surface area (Å²) < 4.78 is 1.44. The molecule has 2 unspecified atom stereocenters. The molecule has 2 heteroatoms. The van der Waals surface area contributed by atoms with Gasteiger partial charge in [-0.25, -0.2) is 0 Å². The van der Waals surface area contributed by atoms with Gasteiger partial charge in [0.1, 0.15) is 0 Å². The molecule has 1 aromatic carbocycles. The summed E-state index contributed by atoms with van der Waals surface area (Å²) >= 11 is -1.01. The van der Waals surface area contributed by atoms with E-state index < -0.39 is 19.8 Å². The van der Waals surface area contributed by atoms with E-state index in [1.54, 1.807) is 6.07 Å².